The quantitative estimate of drug-likeness (QED) is 0.134. The smallest absolute Gasteiger partial charge is 0.367 e. The Kier molecular flexibility index (Phi) is 8.55. The molecule has 0 spiro atoms. The van der Waals surface area contributed by atoms with Crippen LogP contribution in [0.3, 0.4) is 0 Å². The molecule has 1 aliphatic rings. The molecule has 2 aromatic carbocycles. The number of benzene rings is 2. The van der Waals surface area contributed by atoms with Crippen molar-refractivity contribution in [3.63, 3.8) is 0 Å². The monoisotopic (exact) mass is 616 g/mol. The van der Waals surface area contributed by atoms with E-state index in [-0.39, 0.29) is 34.5 Å². The van der Waals surface area contributed by atoms with E-state index in [1.807, 2.05) is 0 Å². The van der Waals surface area contributed by atoms with Gasteiger partial charge in [0.15, 0.2) is 0 Å². The second-order valence-corrected chi connectivity index (χ2v) is 10.9. The summed E-state index contributed by atoms with van der Waals surface area (Å²) in [5, 5.41) is 37.3. The number of aliphatic imine (C=N–C) groups is 2. The van der Waals surface area contributed by atoms with Crippen molar-refractivity contribution in [3.8, 4) is 39.8 Å². The Morgan fingerprint density at radius 2 is 1.16 bits per heavy atom. The van der Waals surface area contributed by atoms with Gasteiger partial charge in [-0.15, -0.1) is 22.7 Å². The van der Waals surface area contributed by atoms with Gasteiger partial charge in [0.2, 0.25) is 11.4 Å². The SMILES string of the molecule is N#CC(C#N)=Nc1cc2c(s1)-c1sc(N=C(C#N)C#N)cc1C(C(=O)OCc1ccccc1)(C(=O)OCc1ccccc1)O2. The van der Waals surface area contributed by atoms with Gasteiger partial charge in [0.25, 0.3) is 0 Å². The number of carbonyl (C=O) groups is 2. The van der Waals surface area contributed by atoms with Gasteiger partial charge in [0.1, 0.15) is 53.2 Å². The fraction of sp³-hybridized carbons (Fsp3) is 0.0968. The Hall–Kier alpha value is -6.12. The van der Waals surface area contributed by atoms with Crippen LogP contribution in [0.2, 0.25) is 0 Å². The predicted octanol–water partition coefficient (Wildman–Crippen LogP) is 5.79. The highest BCUT2D eigenvalue weighted by Gasteiger charge is 2.59. The number of rotatable bonds is 8. The van der Waals surface area contributed by atoms with Crippen LogP contribution >= 0.6 is 22.7 Å². The van der Waals surface area contributed by atoms with E-state index < -0.39 is 29.0 Å². The van der Waals surface area contributed by atoms with E-state index in [2.05, 4.69) is 9.98 Å². The molecule has 0 radical (unpaired) electrons. The van der Waals surface area contributed by atoms with Crippen LogP contribution in [-0.4, -0.2) is 23.4 Å². The van der Waals surface area contributed by atoms with E-state index >= 15 is 0 Å². The molecule has 0 saturated carbocycles. The zero-order valence-corrected chi connectivity index (χ0v) is 24.0. The van der Waals surface area contributed by atoms with Crippen molar-refractivity contribution in [1.29, 1.82) is 21.0 Å². The van der Waals surface area contributed by atoms with Crippen LogP contribution in [0.5, 0.6) is 5.75 Å². The van der Waals surface area contributed by atoms with Crippen molar-refractivity contribution >= 4 is 56.0 Å². The maximum atomic E-state index is 14.0. The fourth-order valence-electron chi connectivity index (χ4n) is 4.14. The zero-order chi connectivity index (χ0) is 31.1. The molecule has 44 heavy (non-hydrogen) atoms. The molecular formula is C31H16N6O5S2. The van der Waals surface area contributed by atoms with Crippen molar-refractivity contribution in [2.24, 2.45) is 9.98 Å². The maximum absolute atomic E-state index is 14.0. The summed E-state index contributed by atoms with van der Waals surface area (Å²) >= 11 is 2.03. The summed E-state index contributed by atoms with van der Waals surface area (Å²) in [4.78, 5) is 37.0. The van der Waals surface area contributed by atoms with Crippen molar-refractivity contribution in [2.45, 2.75) is 18.8 Å². The van der Waals surface area contributed by atoms with E-state index in [0.29, 0.717) is 20.9 Å². The van der Waals surface area contributed by atoms with Gasteiger partial charge in [-0.05, 0) is 17.2 Å². The first kappa shape index (κ1) is 29.4. The predicted molar refractivity (Wildman–Crippen MR) is 159 cm³/mol. The van der Waals surface area contributed by atoms with Gasteiger partial charge in [-0.2, -0.15) is 21.0 Å². The van der Waals surface area contributed by atoms with Crippen LogP contribution in [0.15, 0.2) is 82.8 Å². The second-order valence-electron chi connectivity index (χ2n) is 8.88. The zero-order valence-electron chi connectivity index (χ0n) is 22.4. The fourth-order valence-corrected chi connectivity index (χ4v) is 6.34. The Labute approximate surface area is 258 Å². The number of carbonyl (C=O) groups excluding carboxylic acids is 2. The molecule has 3 heterocycles. The average Bonchev–Trinajstić information content (AvgIpc) is 3.68. The standard InChI is InChI=1S/C31H16N6O5S2/c32-13-21(14-33)36-25-11-23-27(43-25)28-24(12-26(44-28)37-22(15-34)16-35)42-31(23,29(38)40-17-19-7-3-1-4-8-19)30(39)41-18-20-9-5-2-6-10-20/h1-12H,17-18H2. The van der Waals surface area contributed by atoms with Crippen LogP contribution in [0.1, 0.15) is 16.7 Å². The van der Waals surface area contributed by atoms with Crippen molar-refractivity contribution in [3.05, 3.63) is 89.5 Å². The molecule has 2 aromatic heterocycles. The Balaban J connectivity index is 1.66. The molecule has 0 atom stereocenters. The highest BCUT2D eigenvalue weighted by Crippen LogP contribution is 2.56. The number of nitriles is 4. The normalized spacial score (nSPS) is 11.8. The largest absolute Gasteiger partial charge is 0.458 e. The number of hydrogen-bond donors (Lipinski definition) is 0. The Morgan fingerprint density at radius 1 is 0.705 bits per heavy atom. The highest BCUT2D eigenvalue weighted by atomic mass is 32.1. The lowest BCUT2D eigenvalue weighted by Crippen LogP contribution is -2.51. The Bertz CT molecular complexity index is 1900. The number of nitrogens with zero attached hydrogens (tertiary/aromatic N) is 6. The van der Waals surface area contributed by atoms with Gasteiger partial charge in [0.05, 0.1) is 9.75 Å². The first-order valence-electron chi connectivity index (χ1n) is 12.6. The van der Waals surface area contributed by atoms with Crippen molar-refractivity contribution < 1.29 is 23.8 Å². The number of fused-ring (bicyclic) bond motifs is 3. The van der Waals surface area contributed by atoms with Crippen LogP contribution in [0.4, 0.5) is 10.0 Å². The molecule has 0 saturated heterocycles. The molecule has 0 bridgehead atoms. The summed E-state index contributed by atoms with van der Waals surface area (Å²) in [6.07, 6.45) is 0. The lowest BCUT2D eigenvalue weighted by molar-refractivity contribution is -0.183. The summed E-state index contributed by atoms with van der Waals surface area (Å²) in [6.45, 7) is -0.373. The molecule has 0 amide bonds. The minimum atomic E-state index is -2.48. The average molecular weight is 617 g/mol. The molecule has 1 aliphatic heterocycles. The summed E-state index contributed by atoms with van der Waals surface area (Å²) in [5.41, 5.74) is -2.01. The molecule has 5 rings (SSSR count). The molecule has 0 N–H and O–H groups in total. The van der Waals surface area contributed by atoms with E-state index in [1.54, 1.807) is 84.9 Å². The first-order valence-corrected chi connectivity index (χ1v) is 14.2. The molecule has 0 aliphatic carbocycles. The van der Waals surface area contributed by atoms with E-state index in [1.165, 1.54) is 12.1 Å². The molecule has 0 unspecified atom stereocenters. The summed E-state index contributed by atoms with van der Waals surface area (Å²) in [5.74, 6) is -2.11. The molecule has 212 valence electrons. The minimum absolute atomic E-state index is 0.0262. The van der Waals surface area contributed by atoms with Crippen molar-refractivity contribution in [2.75, 3.05) is 0 Å². The third-order valence-electron chi connectivity index (χ3n) is 6.12. The van der Waals surface area contributed by atoms with Gasteiger partial charge in [-0.25, -0.2) is 19.6 Å². The highest BCUT2D eigenvalue weighted by molar-refractivity contribution is 7.26. The van der Waals surface area contributed by atoms with Gasteiger partial charge < -0.3 is 14.2 Å². The van der Waals surface area contributed by atoms with Gasteiger partial charge >= 0.3 is 17.5 Å². The van der Waals surface area contributed by atoms with Gasteiger partial charge in [-0.3, -0.25) is 0 Å². The summed E-state index contributed by atoms with van der Waals surface area (Å²) in [7, 11) is 0. The van der Waals surface area contributed by atoms with Crippen LogP contribution < -0.4 is 4.74 Å². The number of hydrogen-bond acceptors (Lipinski definition) is 13. The lowest BCUT2D eigenvalue weighted by atomic mass is 9.91. The van der Waals surface area contributed by atoms with E-state index in [9.17, 15) is 30.6 Å². The van der Waals surface area contributed by atoms with Gasteiger partial charge in [0, 0.05) is 11.6 Å². The molecule has 4 aromatic rings. The van der Waals surface area contributed by atoms with Crippen LogP contribution in [0, 0.1) is 45.3 Å². The molecule has 0 fully saturated rings. The maximum Gasteiger partial charge on any atom is 0.367 e. The summed E-state index contributed by atoms with van der Waals surface area (Å²) < 4.78 is 17.5. The number of ether oxygens (including phenoxy) is 3. The Morgan fingerprint density at radius 3 is 1.64 bits per heavy atom. The summed E-state index contributed by atoms with van der Waals surface area (Å²) in [6, 6.07) is 27.1. The number of thiophene rings is 2. The topological polar surface area (TPSA) is 182 Å². The van der Waals surface area contributed by atoms with E-state index in [0.717, 1.165) is 22.7 Å². The third-order valence-corrected chi connectivity index (χ3v) is 8.32. The lowest BCUT2D eigenvalue weighted by Gasteiger charge is -2.33. The van der Waals surface area contributed by atoms with Crippen LogP contribution in [0.25, 0.3) is 9.75 Å². The second kappa shape index (κ2) is 12.8. The van der Waals surface area contributed by atoms with E-state index in [4.69, 9.17) is 14.2 Å². The third kappa shape index (κ3) is 5.78. The molecule has 11 nitrogen and oxygen atoms in total. The molecular weight excluding hydrogens is 601 g/mol. The van der Waals surface area contributed by atoms with Crippen LogP contribution in [-0.2, 0) is 37.9 Å². The molecule has 13 heteroatoms. The minimum Gasteiger partial charge on any atom is -0.458 e. The first-order chi connectivity index (χ1) is 21.4. The number of esters is 2. The van der Waals surface area contributed by atoms with Gasteiger partial charge in [-0.1, -0.05) is 60.7 Å². The van der Waals surface area contributed by atoms with Crippen molar-refractivity contribution in [1.82, 2.24) is 0 Å².